The van der Waals surface area contributed by atoms with Crippen molar-refractivity contribution >= 4 is 17.3 Å². The molecule has 0 fully saturated rings. The minimum absolute atomic E-state index is 0.0690. The number of rotatable bonds is 6. The summed E-state index contributed by atoms with van der Waals surface area (Å²) in [5, 5.41) is 17.9. The SMILES string of the molecule is CCCN(CC)c1ccc(NO)c(C(=O)O)c1. The van der Waals surface area contributed by atoms with E-state index in [1.54, 1.807) is 18.2 Å². The second-order valence-corrected chi connectivity index (χ2v) is 3.73. The monoisotopic (exact) mass is 238 g/mol. The van der Waals surface area contributed by atoms with E-state index in [4.69, 9.17) is 10.3 Å². The third-order valence-electron chi connectivity index (χ3n) is 2.59. The topological polar surface area (TPSA) is 72.8 Å². The molecule has 0 aliphatic heterocycles. The van der Waals surface area contributed by atoms with Gasteiger partial charge in [0.2, 0.25) is 0 Å². The lowest BCUT2D eigenvalue weighted by molar-refractivity contribution is 0.0697. The largest absolute Gasteiger partial charge is 0.478 e. The van der Waals surface area contributed by atoms with Crippen molar-refractivity contribution < 1.29 is 15.1 Å². The first-order chi connectivity index (χ1) is 8.13. The zero-order chi connectivity index (χ0) is 12.8. The number of carbonyl (C=O) groups is 1. The Morgan fingerprint density at radius 2 is 2.12 bits per heavy atom. The summed E-state index contributed by atoms with van der Waals surface area (Å²) in [7, 11) is 0. The van der Waals surface area contributed by atoms with E-state index < -0.39 is 5.97 Å². The first kappa shape index (κ1) is 13.3. The predicted molar refractivity (Wildman–Crippen MR) is 67.0 cm³/mol. The van der Waals surface area contributed by atoms with Gasteiger partial charge in [-0.1, -0.05) is 6.92 Å². The number of carboxylic acid groups (broad SMARTS) is 1. The summed E-state index contributed by atoms with van der Waals surface area (Å²) in [4.78, 5) is 13.1. The van der Waals surface area contributed by atoms with Crippen molar-refractivity contribution in [2.24, 2.45) is 0 Å². The molecule has 0 saturated carbocycles. The molecule has 0 spiro atoms. The van der Waals surface area contributed by atoms with E-state index in [2.05, 4.69) is 11.8 Å². The Morgan fingerprint density at radius 3 is 2.59 bits per heavy atom. The van der Waals surface area contributed by atoms with E-state index >= 15 is 0 Å². The Kier molecular flexibility index (Phi) is 4.78. The molecule has 0 unspecified atom stereocenters. The number of benzene rings is 1. The van der Waals surface area contributed by atoms with Gasteiger partial charge in [-0.05, 0) is 31.5 Å². The Labute approximate surface area is 101 Å². The van der Waals surface area contributed by atoms with Crippen molar-refractivity contribution in [3.05, 3.63) is 23.8 Å². The molecule has 17 heavy (non-hydrogen) atoms. The molecule has 0 radical (unpaired) electrons. The summed E-state index contributed by atoms with van der Waals surface area (Å²) >= 11 is 0. The van der Waals surface area contributed by atoms with Crippen molar-refractivity contribution in [1.82, 2.24) is 0 Å². The molecule has 1 rings (SSSR count). The van der Waals surface area contributed by atoms with Crippen molar-refractivity contribution in [3.63, 3.8) is 0 Å². The van der Waals surface area contributed by atoms with Crippen LogP contribution in [0.5, 0.6) is 0 Å². The van der Waals surface area contributed by atoms with Crippen LogP contribution < -0.4 is 10.4 Å². The number of hydrogen-bond acceptors (Lipinski definition) is 4. The molecule has 0 saturated heterocycles. The minimum Gasteiger partial charge on any atom is -0.478 e. The Hall–Kier alpha value is -1.75. The number of nitrogens with zero attached hydrogens (tertiary/aromatic N) is 1. The van der Waals surface area contributed by atoms with Crippen LogP contribution in [0.25, 0.3) is 0 Å². The molecular formula is C12H18N2O3. The van der Waals surface area contributed by atoms with Gasteiger partial charge >= 0.3 is 5.97 Å². The van der Waals surface area contributed by atoms with Gasteiger partial charge in [-0.3, -0.25) is 10.7 Å². The van der Waals surface area contributed by atoms with Gasteiger partial charge in [0.15, 0.2) is 0 Å². The van der Waals surface area contributed by atoms with Gasteiger partial charge in [-0.25, -0.2) is 4.79 Å². The molecule has 1 aromatic carbocycles. The third kappa shape index (κ3) is 3.10. The van der Waals surface area contributed by atoms with E-state index in [0.29, 0.717) is 0 Å². The molecule has 5 nitrogen and oxygen atoms in total. The Balaban J connectivity index is 3.10. The highest BCUT2D eigenvalue weighted by molar-refractivity contribution is 5.95. The molecule has 5 heteroatoms. The quantitative estimate of drug-likeness (QED) is 0.664. The molecule has 3 N–H and O–H groups in total. The summed E-state index contributed by atoms with van der Waals surface area (Å²) in [6, 6.07) is 4.93. The predicted octanol–water partition coefficient (Wildman–Crippen LogP) is 2.42. The normalized spacial score (nSPS) is 10.1. The van der Waals surface area contributed by atoms with Crippen LogP contribution >= 0.6 is 0 Å². The molecular weight excluding hydrogens is 220 g/mol. The van der Waals surface area contributed by atoms with Crippen LogP contribution in [0.15, 0.2) is 18.2 Å². The summed E-state index contributed by atoms with van der Waals surface area (Å²) in [5.41, 5.74) is 3.02. The van der Waals surface area contributed by atoms with E-state index in [0.717, 1.165) is 25.2 Å². The lowest BCUT2D eigenvalue weighted by Gasteiger charge is -2.23. The average Bonchev–Trinajstić information content (AvgIpc) is 2.35. The highest BCUT2D eigenvalue weighted by Gasteiger charge is 2.12. The zero-order valence-corrected chi connectivity index (χ0v) is 10.1. The number of aromatic carboxylic acids is 1. The van der Waals surface area contributed by atoms with Crippen LogP contribution in [0.3, 0.4) is 0 Å². The van der Waals surface area contributed by atoms with Gasteiger partial charge in [0.05, 0.1) is 11.3 Å². The maximum absolute atomic E-state index is 11.0. The van der Waals surface area contributed by atoms with Gasteiger partial charge in [-0.2, -0.15) is 0 Å². The van der Waals surface area contributed by atoms with Gasteiger partial charge in [-0.15, -0.1) is 0 Å². The molecule has 0 heterocycles. The fourth-order valence-electron chi connectivity index (χ4n) is 1.74. The van der Waals surface area contributed by atoms with Crippen molar-refractivity contribution in [3.8, 4) is 0 Å². The molecule has 0 aromatic heterocycles. The average molecular weight is 238 g/mol. The van der Waals surface area contributed by atoms with Gasteiger partial charge in [0, 0.05) is 18.8 Å². The summed E-state index contributed by atoms with van der Waals surface area (Å²) in [5.74, 6) is -1.06. The highest BCUT2D eigenvalue weighted by Crippen LogP contribution is 2.23. The van der Waals surface area contributed by atoms with Gasteiger partial charge in [0.25, 0.3) is 0 Å². The number of carboxylic acids is 1. The molecule has 0 aliphatic carbocycles. The van der Waals surface area contributed by atoms with Gasteiger partial charge in [0.1, 0.15) is 0 Å². The fraction of sp³-hybridized carbons (Fsp3) is 0.417. The second-order valence-electron chi connectivity index (χ2n) is 3.73. The molecule has 0 bridgehead atoms. The first-order valence-electron chi connectivity index (χ1n) is 5.66. The Morgan fingerprint density at radius 1 is 1.41 bits per heavy atom. The van der Waals surface area contributed by atoms with Crippen LogP contribution in [-0.4, -0.2) is 29.4 Å². The Bertz CT molecular complexity index is 393. The number of hydrogen-bond donors (Lipinski definition) is 3. The molecule has 0 atom stereocenters. The van der Waals surface area contributed by atoms with E-state index in [1.807, 2.05) is 12.4 Å². The maximum Gasteiger partial charge on any atom is 0.337 e. The molecule has 0 amide bonds. The summed E-state index contributed by atoms with van der Waals surface area (Å²) in [6.07, 6.45) is 0.996. The molecule has 0 aliphatic rings. The van der Waals surface area contributed by atoms with Crippen molar-refractivity contribution in [2.75, 3.05) is 23.5 Å². The summed E-state index contributed by atoms with van der Waals surface area (Å²) in [6.45, 7) is 5.79. The van der Waals surface area contributed by atoms with Crippen LogP contribution in [0.4, 0.5) is 11.4 Å². The van der Waals surface area contributed by atoms with Gasteiger partial charge < -0.3 is 10.0 Å². The highest BCUT2D eigenvalue weighted by atomic mass is 16.5. The van der Waals surface area contributed by atoms with E-state index in [-0.39, 0.29) is 11.3 Å². The van der Waals surface area contributed by atoms with Crippen molar-refractivity contribution in [2.45, 2.75) is 20.3 Å². The maximum atomic E-state index is 11.0. The zero-order valence-electron chi connectivity index (χ0n) is 10.1. The second kappa shape index (κ2) is 6.10. The lowest BCUT2D eigenvalue weighted by atomic mass is 10.1. The first-order valence-corrected chi connectivity index (χ1v) is 5.66. The van der Waals surface area contributed by atoms with Crippen LogP contribution in [0, 0.1) is 0 Å². The molecule has 1 aromatic rings. The lowest BCUT2D eigenvalue weighted by Crippen LogP contribution is -2.23. The van der Waals surface area contributed by atoms with Crippen LogP contribution in [-0.2, 0) is 0 Å². The van der Waals surface area contributed by atoms with E-state index in [1.165, 1.54) is 0 Å². The van der Waals surface area contributed by atoms with Crippen molar-refractivity contribution in [1.29, 1.82) is 0 Å². The third-order valence-corrected chi connectivity index (χ3v) is 2.59. The minimum atomic E-state index is -1.06. The number of anilines is 2. The van der Waals surface area contributed by atoms with E-state index in [9.17, 15) is 4.79 Å². The van der Waals surface area contributed by atoms with Crippen LogP contribution in [0.2, 0.25) is 0 Å². The fourth-order valence-corrected chi connectivity index (χ4v) is 1.74. The van der Waals surface area contributed by atoms with Crippen LogP contribution in [0.1, 0.15) is 30.6 Å². The smallest absolute Gasteiger partial charge is 0.337 e. The molecule has 94 valence electrons. The number of nitrogens with one attached hydrogen (secondary N) is 1. The standard InChI is InChI=1S/C12H18N2O3/c1-3-7-14(4-2)9-5-6-11(13-17)10(8-9)12(15)16/h5-6,8,13,17H,3-4,7H2,1-2H3,(H,15,16). The summed E-state index contributed by atoms with van der Waals surface area (Å²) < 4.78 is 0.